The number of cyclic esters (lactones) is 1. The highest BCUT2D eigenvalue weighted by Gasteiger charge is 2.33. The van der Waals surface area contributed by atoms with Crippen LogP contribution in [0, 0.1) is 13.8 Å². The minimum absolute atomic E-state index is 0.0378. The first-order valence-corrected chi connectivity index (χ1v) is 11.7. The molecule has 200 valence electrons. The van der Waals surface area contributed by atoms with E-state index in [0.29, 0.717) is 22.4 Å². The predicted octanol–water partition coefficient (Wildman–Crippen LogP) is 3.82. The number of aromatic nitrogens is 2. The quantitative estimate of drug-likeness (QED) is 0.449. The second-order valence-corrected chi connectivity index (χ2v) is 8.63. The van der Waals surface area contributed by atoms with Gasteiger partial charge in [0.15, 0.2) is 0 Å². The van der Waals surface area contributed by atoms with Gasteiger partial charge in [-0.05, 0) is 61.7 Å². The van der Waals surface area contributed by atoms with Crippen molar-refractivity contribution in [3.8, 4) is 5.69 Å². The molecule has 0 saturated carbocycles. The average molecular weight is 531 g/mol. The van der Waals surface area contributed by atoms with Gasteiger partial charge in [0.2, 0.25) is 0 Å². The number of nitrogens with zero attached hydrogens (tertiary/aromatic N) is 3. The zero-order chi connectivity index (χ0) is 27.8. The molecular weight excluding hydrogens is 507 g/mol. The summed E-state index contributed by atoms with van der Waals surface area (Å²) in [5.41, 5.74) is -1.83. The lowest BCUT2D eigenvalue weighted by atomic mass is 10.0. The Hall–Kier alpha value is -4.35. The Kier molecular flexibility index (Phi) is 7.16. The molecular formula is C26H24F3N3O6. The molecule has 0 bridgehead atoms. The van der Waals surface area contributed by atoms with Gasteiger partial charge in [0, 0.05) is 6.20 Å². The van der Waals surface area contributed by atoms with Crippen LogP contribution >= 0.6 is 0 Å². The molecule has 1 saturated heterocycles. The van der Waals surface area contributed by atoms with E-state index in [2.05, 4.69) is 0 Å². The Morgan fingerprint density at radius 1 is 1.11 bits per heavy atom. The smallest absolute Gasteiger partial charge is 0.416 e. The standard InChI is InChI=1S/C26H24F3N3O6/c1-4-37-23(34)19-14-31(18-8-9-21(15(2)12-18)30-10-11-38-25(30)36)24(35)32(22(19)33)13-17-6-5-7-20(16(17)3)26(27,28)29/h5-9,12,14H,4,10-11,13H2,1-3H3. The highest BCUT2D eigenvalue weighted by Crippen LogP contribution is 2.33. The van der Waals surface area contributed by atoms with Crippen molar-refractivity contribution in [3.63, 3.8) is 0 Å². The van der Waals surface area contributed by atoms with E-state index in [1.165, 1.54) is 30.0 Å². The van der Waals surface area contributed by atoms with Crippen molar-refractivity contribution in [1.29, 1.82) is 0 Å². The summed E-state index contributed by atoms with van der Waals surface area (Å²) in [6.07, 6.45) is -4.08. The van der Waals surface area contributed by atoms with Crippen LogP contribution in [-0.2, 0) is 22.2 Å². The highest BCUT2D eigenvalue weighted by atomic mass is 19.4. The van der Waals surface area contributed by atoms with Crippen molar-refractivity contribution in [3.05, 3.63) is 91.3 Å². The number of ether oxygens (including phenoxy) is 2. The Balaban J connectivity index is 1.87. The van der Waals surface area contributed by atoms with Crippen LogP contribution in [0.25, 0.3) is 5.69 Å². The second-order valence-electron chi connectivity index (χ2n) is 8.63. The zero-order valence-electron chi connectivity index (χ0n) is 20.8. The number of alkyl halides is 3. The van der Waals surface area contributed by atoms with Crippen LogP contribution in [0.2, 0.25) is 0 Å². The fourth-order valence-electron chi connectivity index (χ4n) is 4.31. The Labute approximate surface area is 214 Å². The molecule has 1 aliphatic heterocycles. The van der Waals surface area contributed by atoms with Gasteiger partial charge in [-0.2, -0.15) is 13.2 Å². The number of carbonyl (C=O) groups excluding carboxylic acids is 2. The molecule has 2 aromatic carbocycles. The number of anilines is 1. The summed E-state index contributed by atoms with van der Waals surface area (Å²) in [7, 11) is 0. The third-order valence-corrected chi connectivity index (χ3v) is 6.26. The second kappa shape index (κ2) is 10.2. The van der Waals surface area contributed by atoms with Crippen molar-refractivity contribution < 1.29 is 32.2 Å². The molecule has 0 spiro atoms. The van der Waals surface area contributed by atoms with Gasteiger partial charge in [-0.25, -0.2) is 14.4 Å². The molecule has 0 N–H and O–H groups in total. The minimum atomic E-state index is -4.63. The fraction of sp³-hybridized carbons (Fsp3) is 0.308. The number of benzene rings is 2. The molecule has 0 radical (unpaired) electrons. The van der Waals surface area contributed by atoms with E-state index in [0.717, 1.165) is 16.8 Å². The third-order valence-electron chi connectivity index (χ3n) is 6.26. The summed E-state index contributed by atoms with van der Waals surface area (Å²) in [5, 5.41) is 0. The molecule has 9 nitrogen and oxygen atoms in total. The minimum Gasteiger partial charge on any atom is -0.462 e. The lowest BCUT2D eigenvalue weighted by molar-refractivity contribution is -0.138. The number of esters is 1. The maximum absolute atomic E-state index is 13.5. The molecule has 0 aliphatic carbocycles. The Morgan fingerprint density at radius 3 is 2.45 bits per heavy atom. The molecule has 4 rings (SSSR count). The fourth-order valence-corrected chi connectivity index (χ4v) is 4.31. The Bertz CT molecular complexity index is 1540. The van der Waals surface area contributed by atoms with Crippen molar-refractivity contribution in [2.45, 2.75) is 33.5 Å². The molecule has 1 amide bonds. The summed E-state index contributed by atoms with van der Waals surface area (Å²) in [5.74, 6) is -0.978. The van der Waals surface area contributed by atoms with Crippen molar-refractivity contribution in [2.24, 2.45) is 0 Å². The number of aryl methyl sites for hydroxylation is 1. The summed E-state index contributed by atoms with van der Waals surface area (Å²) in [6.45, 7) is 4.56. The van der Waals surface area contributed by atoms with Crippen LogP contribution in [-0.4, -0.2) is 41.0 Å². The van der Waals surface area contributed by atoms with Gasteiger partial charge >= 0.3 is 23.9 Å². The van der Waals surface area contributed by atoms with Crippen LogP contribution < -0.4 is 16.1 Å². The van der Waals surface area contributed by atoms with Gasteiger partial charge in [0.1, 0.15) is 12.2 Å². The maximum atomic E-state index is 13.5. The normalized spacial score (nSPS) is 13.5. The summed E-state index contributed by atoms with van der Waals surface area (Å²) in [6, 6.07) is 8.19. The molecule has 38 heavy (non-hydrogen) atoms. The summed E-state index contributed by atoms with van der Waals surface area (Å²) < 4.78 is 52.0. The van der Waals surface area contributed by atoms with Crippen LogP contribution in [0.5, 0.6) is 0 Å². The van der Waals surface area contributed by atoms with Gasteiger partial charge < -0.3 is 9.47 Å². The van der Waals surface area contributed by atoms with Crippen LogP contribution in [0.1, 0.15) is 39.5 Å². The monoisotopic (exact) mass is 531 g/mol. The van der Waals surface area contributed by atoms with E-state index in [9.17, 15) is 32.3 Å². The molecule has 1 fully saturated rings. The number of hydrogen-bond acceptors (Lipinski definition) is 6. The van der Waals surface area contributed by atoms with E-state index < -0.39 is 47.2 Å². The largest absolute Gasteiger partial charge is 0.462 e. The molecule has 0 atom stereocenters. The average Bonchev–Trinajstić information content (AvgIpc) is 3.27. The van der Waals surface area contributed by atoms with Crippen molar-refractivity contribution in [2.75, 3.05) is 24.7 Å². The van der Waals surface area contributed by atoms with Crippen LogP contribution in [0.15, 0.2) is 52.2 Å². The lowest BCUT2D eigenvalue weighted by Crippen LogP contribution is -2.42. The number of rotatable bonds is 6. The number of amides is 1. The first-order chi connectivity index (χ1) is 17.9. The van der Waals surface area contributed by atoms with E-state index in [1.54, 1.807) is 26.0 Å². The number of halogens is 3. The summed E-state index contributed by atoms with van der Waals surface area (Å²) in [4.78, 5) is 52.7. The predicted molar refractivity (Wildman–Crippen MR) is 131 cm³/mol. The number of hydrogen-bond donors (Lipinski definition) is 0. The van der Waals surface area contributed by atoms with E-state index >= 15 is 0 Å². The summed E-state index contributed by atoms with van der Waals surface area (Å²) >= 11 is 0. The lowest BCUT2D eigenvalue weighted by Gasteiger charge is -2.18. The molecule has 1 aliphatic rings. The molecule has 0 unspecified atom stereocenters. The highest BCUT2D eigenvalue weighted by molar-refractivity contribution is 5.90. The van der Waals surface area contributed by atoms with Gasteiger partial charge in [-0.3, -0.25) is 18.8 Å². The SMILES string of the molecule is CCOC(=O)c1cn(-c2ccc(N3CCOC3=O)c(C)c2)c(=O)n(Cc2cccc(C(F)(F)F)c2C)c1=O. The van der Waals surface area contributed by atoms with Crippen molar-refractivity contribution in [1.82, 2.24) is 9.13 Å². The van der Waals surface area contributed by atoms with Gasteiger partial charge in [-0.15, -0.1) is 0 Å². The molecule has 1 aromatic heterocycles. The first kappa shape index (κ1) is 26.7. The third kappa shape index (κ3) is 4.93. The molecule has 3 aromatic rings. The van der Waals surface area contributed by atoms with Gasteiger partial charge in [0.05, 0.1) is 36.6 Å². The maximum Gasteiger partial charge on any atom is 0.416 e. The molecule has 2 heterocycles. The van der Waals surface area contributed by atoms with Crippen LogP contribution in [0.3, 0.4) is 0 Å². The van der Waals surface area contributed by atoms with Crippen molar-refractivity contribution >= 4 is 17.7 Å². The van der Waals surface area contributed by atoms with E-state index in [-0.39, 0.29) is 30.0 Å². The van der Waals surface area contributed by atoms with E-state index in [1.807, 2.05) is 0 Å². The first-order valence-electron chi connectivity index (χ1n) is 11.7. The Morgan fingerprint density at radius 2 is 1.84 bits per heavy atom. The van der Waals surface area contributed by atoms with Gasteiger partial charge in [-0.1, -0.05) is 12.1 Å². The van der Waals surface area contributed by atoms with Gasteiger partial charge in [0.25, 0.3) is 5.56 Å². The number of carbonyl (C=O) groups is 2. The molecule has 12 heteroatoms. The zero-order valence-corrected chi connectivity index (χ0v) is 20.8. The topological polar surface area (TPSA) is 99.8 Å². The van der Waals surface area contributed by atoms with E-state index in [4.69, 9.17) is 9.47 Å². The van der Waals surface area contributed by atoms with Crippen LogP contribution in [0.4, 0.5) is 23.7 Å².